The van der Waals surface area contributed by atoms with Gasteiger partial charge in [-0.1, -0.05) is 18.2 Å². The van der Waals surface area contributed by atoms with Crippen LogP contribution in [0.1, 0.15) is 16.1 Å². The molecule has 0 aliphatic carbocycles. The Morgan fingerprint density at radius 3 is 2.67 bits per heavy atom. The molecular formula is C15H17N3O3. The number of hydrogen-bond acceptors (Lipinski definition) is 3. The van der Waals surface area contributed by atoms with Gasteiger partial charge in [-0.05, 0) is 30.8 Å². The van der Waals surface area contributed by atoms with Crippen molar-refractivity contribution in [2.24, 2.45) is 0 Å². The number of aliphatic carboxylic acids is 1. The molecule has 0 aliphatic rings. The summed E-state index contributed by atoms with van der Waals surface area (Å²) >= 11 is 0. The van der Waals surface area contributed by atoms with Gasteiger partial charge in [-0.2, -0.15) is 0 Å². The van der Waals surface area contributed by atoms with E-state index >= 15 is 0 Å². The molecule has 2 aromatic rings. The molecule has 2 rings (SSSR count). The van der Waals surface area contributed by atoms with Gasteiger partial charge in [-0.3, -0.25) is 9.59 Å². The highest BCUT2D eigenvalue weighted by molar-refractivity contribution is 6.03. The third kappa shape index (κ3) is 3.70. The number of nitrogens with one attached hydrogen (secondary N) is 2. The number of nitrogens with zero attached hydrogens (tertiary/aromatic N) is 1. The molecule has 0 fully saturated rings. The minimum atomic E-state index is -0.990. The number of para-hydroxylation sites is 1. The Balaban J connectivity index is 2.19. The number of hydrogen-bond donors (Lipinski definition) is 3. The molecule has 1 heterocycles. The summed E-state index contributed by atoms with van der Waals surface area (Å²) in [6.07, 6.45) is 1.57. The molecule has 3 N–H and O–H groups in total. The topological polar surface area (TPSA) is 83.4 Å². The summed E-state index contributed by atoms with van der Waals surface area (Å²) in [5, 5.41) is 14.7. The molecular weight excluding hydrogens is 270 g/mol. The molecule has 6 heteroatoms. The van der Waals surface area contributed by atoms with E-state index < -0.39 is 5.97 Å². The smallest absolute Gasteiger partial charge is 0.323 e. The Labute approximate surface area is 122 Å². The van der Waals surface area contributed by atoms with Crippen LogP contribution >= 0.6 is 0 Å². The van der Waals surface area contributed by atoms with Crippen LogP contribution in [-0.4, -0.2) is 28.6 Å². The number of aromatic nitrogens is 1. The minimum absolute atomic E-state index is 0.242. The Hall–Kier alpha value is -2.60. The third-order valence-corrected chi connectivity index (χ3v) is 3.00. The summed E-state index contributed by atoms with van der Waals surface area (Å²) < 4.78 is 1.40. The first kappa shape index (κ1) is 14.8. The summed E-state index contributed by atoms with van der Waals surface area (Å²) in [7, 11) is 1.83. The summed E-state index contributed by atoms with van der Waals surface area (Å²) in [6.45, 7) is 0.389. The fourth-order valence-electron chi connectivity index (χ4n) is 2.08. The van der Waals surface area contributed by atoms with Crippen molar-refractivity contribution in [3.8, 4) is 0 Å². The largest absolute Gasteiger partial charge is 0.480 e. The van der Waals surface area contributed by atoms with Crippen molar-refractivity contribution in [3.05, 3.63) is 53.9 Å². The van der Waals surface area contributed by atoms with Crippen molar-refractivity contribution in [1.29, 1.82) is 0 Å². The Morgan fingerprint density at radius 2 is 1.95 bits per heavy atom. The summed E-state index contributed by atoms with van der Waals surface area (Å²) in [5.41, 5.74) is 1.99. The molecule has 110 valence electrons. The number of rotatable bonds is 6. The first-order valence-electron chi connectivity index (χ1n) is 6.52. The van der Waals surface area contributed by atoms with Gasteiger partial charge >= 0.3 is 5.97 Å². The second-order valence-corrected chi connectivity index (χ2v) is 4.56. The highest BCUT2D eigenvalue weighted by atomic mass is 16.4. The average Bonchev–Trinajstić information content (AvgIpc) is 2.88. The van der Waals surface area contributed by atoms with Gasteiger partial charge in [0.05, 0.1) is 0 Å². The molecule has 0 spiro atoms. The van der Waals surface area contributed by atoms with Crippen molar-refractivity contribution in [2.75, 3.05) is 12.4 Å². The second-order valence-electron chi connectivity index (χ2n) is 4.56. The Kier molecular flexibility index (Phi) is 4.73. The molecule has 1 amide bonds. The fourth-order valence-corrected chi connectivity index (χ4v) is 2.08. The molecule has 1 aromatic carbocycles. The highest BCUT2D eigenvalue weighted by Gasteiger charge is 2.14. The fraction of sp³-hybridized carbons (Fsp3) is 0.200. The van der Waals surface area contributed by atoms with Crippen molar-refractivity contribution in [3.63, 3.8) is 0 Å². The lowest BCUT2D eigenvalue weighted by Crippen LogP contribution is -2.20. The maximum absolute atomic E-state index is 12.3. The van der Waals surface area contributed by atoms with Gasteiger partial charge in [0.15, 0.2) is 0 Å². The number of carboxylic acid groups (broad SMARTS) is 1. The summed E-state index contributed by atoms with van der Waals surface area (Å²) in [5.74, 6) is -1.32. The van der Waals surface area contributed by atoms with E-state index in [1.54, 1.807) is 18.3 Å². The highest BCUT2D eigenvalue weighted by Crippen LogP contribution is 2.16. The predicted molar refractivity (Wildman–Crippen MR) is 79.2 cm³/mol. The zero-order valence-electron chi connectivity index (χ0n) is 11.7. The van der Waals surface area contributed by atoms with Crippen molar-refractivity contribution < 1.29 is 14.7 Å². The van der Waals surface area contributed by atoms with Gasteiger partial charge in [0.25, 0.3) is 5.91 Å². The molecule has 0 saturated carbocycles. The van der Waals surface area contributed by atoms with Crippen LogP contribution < -0.4 is 10.6 Å². The summed E-state index contributed by atoms with van der Waals surface area (Å²) in [4.78, 5) is 23.1. The number of anilines is 1. The number of carboxylic acids is 1. The zero-order chi connectivity index (χ0) is 15.2. The molecule has 0 unspecified atom stereocenters. The van der Waals surface area contributed by atoms with Crippen molar-refractivity contribution in [1.82, 2.24) is 9.88 Å². The zero-order valence-corrected chi connectivity index (χ0v) is 11.7. The number of carbonyl (C=O) groups is 2. The quantitative estimate of drug-likeness (QED) is 0.752. The van der Waals surface area contributed by atoms with Crippen LogP contribution in [0.5, 0.6) is 0 Å². The van der Waals surface area contributed by atoms with E-state index in [0.717, 1.165) is 5.56 Å². The first-order chi connectivity index (χ1) is 10.1. The van der Waals surface area contributed by atoms with E-state index in [9.17, 15) is 9.59 Å². The van der Waals surface area contributed by atoms with Crippen LogP contribution in [0, 0.1) is 0 Å². The molecule has 0 radical (unpaired) electrons. The van der Waals surface area contributed by atoms with Gasteiger partial charge in [0.2, 0.25) is 0 Å². The lowest BCUT2D eigenvalue weighted by molar-refractivity contribution is -0.137. The van der Waals surface area contributed by atoms with Crippen LogP contribution in [0.4, 0.5) is 5.69 Å². The van der Waals surface area contributed by atoms with Crippen LogP contribution in [0.3, 0.4) is 0 Å². The van der Waals surface area contributed by atoms with Gasteiger partial charge < -0.3 is 20.3 Å². The second kappa shape index (κ2) is 6.71. The van der Waals surface area contributed by atoms with Crippen LogP contribution in [0.15, 0.2) is 42.6 Å². The van der Waals surface area contributed by atoms with Crippen molar-refractivity contribution in [2.45, 2.75) is 13.1 Å². The molecule has 1 aromatic heterocycles. The van der Waals surface area contributed by atoms with Gasteiger partial charge in [-0.25, -0.2) is 0 Å². The van der Waals surface area contributed by atoms with Crippen LogP contribution in [0.25, 0.3) is 0 Å². The normalized spacial score (nSPS) is 10.3. The molecule has 0 saturated heterocycles. The lowest BCUT2D eigenvalue weighted by atomic mass is 10.1. The Morgan fingerprint density at radius 1 is 1.19 bits per heavy atom. The SMILES string of the molecule is CNCc1ccccc1NC(=O)c1cccn1CC(=O)O. The van der Waals surface area contributed by atoms with E-state index in [4.69, 9.17) is 5.11 Å². The van der Waals surface area contributed by atoms with E-state index in [1.165, 1.54) is 4.57 Å². The van der Waals surface area contributed by atoms with Gasteiger partial charge in [-0.15, -0.1) is 0 Å². The van der Waals surface area contributed by atoms with Gasteiger partial charge in [0, 0.05) is 18.4 Å². The first-order valence-corrected chi connectivity index (χ1v) is 6.52. The lowest BCUT2D eigenvalue weighted by Gasteiger charge is -2.12. The monoisotopic (exact) mass is 287 g/mol. The maximum atomic E-state index is 12.3. The standard InChI is InChI=1S/C15H17N3O3/c1-16-9-11-5-2-3-6-12(11)17-15(21)13-7-4-8-18(13)10-14(19)20/h2-8,16H,9-10H2,1H3,(H,17,21)(H,19,20). The summed E-state index contributed by atoms with van der Waals surface area (Å²) in [6, 6.07) is 10.7. The predicted octanol–water partition coefficient (Wildman–Crippen LogP) is 1.54. The molecule has 6 nitrogen and oxygen atoms in total. The van der Waals surface area contributed by atoms with Crippen molar-refractivity contribution >= 4 is 17.6 Å². The van der Waals surface area contributed by atoms with Crippen LogP contribution in [-0.2, 0) is 17.9 Å². The molecule has 0 aliphatic heterocycles. The maximum Gasteiger partial charge on any atom is 0.323 e. The molecule has 0 atom stereocenters. The number of benzene rings is 1. The molecule has 0 bridgehead atoms. The van der Waals surface area contributed by atoms with Crippen LogP contribution in [0.2, 0.25) is 0 Å². The van der Waals surface area contributed by atoms with E-state index in [-0.39, 0.29) is 12.5 Å². The average molecular weight is 287 g/mol. The Bertz CT molecular complexity index is 649. The van der Waals surface area contributed by atoms with E-state index in [1.807, 2.05) is 31.3 Å². The third-order valence-electron chi connectivity index (χ3n) is 3.00. The van der Waals surface area contributed by atoms with E-state index in [2.05, 4.69) is 10.6 Å². The number of amides is 1. The minimum Gasteiger partial charge on any atom is -0.480 e. The molecule has 21 heavy (non-hydrogen) atoms. The van der Waals surface area contributed by atoms with Gasteiger partial charge in [0.1, 0.15) is 12.2 Å². The van der Waals surface area contributed by atoms with E-state index in [0.29, 0.717) is 17.9 Å². The number of carbonyl (C=O) groups excluding carboxylic acids is 1.